The zero-order valence-corrected chi connectivity index (χ0v) is 14.1. The molecule has 0 aliphatic heterocycles. The summed E-state index contributed by atoms with van der Waals surface area (Å²) in [4.78, 5) is 22.4. The number of hydrogen-bond donors (Lipinski definition) is 1. The van der Waals surface area contributed by atoms with Crippen molar-refractivity contribution in [1.29, 1.82) is 0 Å². The Hall–Kier alpha value is -0.510. The summed E-state index contributed by atoms with van der Waals surface area (Å²) in [5, 5.41) is 2.94. The molecular weight excluding hydrogens is 258 g/mol. The summed E-state index contributed by atoms with van der Waals surface area (Å²) in [5.41, 5.74) is 0.0670. The SMILES string of the molecule is CCSC(C)(C)CC(C)(C)CNC(=O)CCC(C)=O. The van der Waals surface area contributed by atoms with Crippen LogP contribution in [0.1, 0.15) is 60.8 Å². The second kappa shape index (κ2) is 7.93. The van der Waals surface area contributed by atoms with E-state index < -0.39 is 0 Å². The van der Waals surface area contributed by atoms with E-state index in [1.807, 2.05) is 11.8 Å². The normalized spacial score (nSPS) is 12.3. The number of nitrogens with one attached hydrogen (secondary N) is 1. The minimum Gasteiger partial charge on any atom is -0.356 e. The second-order valence-electron chi connectivity index (χ2n) is 6.51. The van der Waals surface area contributed by atoms with E-state index in [-0.39, 0.29) is 21.9 Å². The van der Waals surface area contributed by atoms with Gasteiger partial charge in [-0.2, -0.15) is 11.8 Å². The van der Waals surface area contributed by atoms with Crippen LogP contribution in [0.3, 0.4) is 0 Å². The third-order valence-electron chi connectivity index (χ3n) is 2.91. The summed E-state index contributed by atoms with van der Waals surface area (Å²) in [5.74, 6) is 1.15. The van der Waals surface area contributed by atoms with Gasteiger partial charge in [0.1, 0.15) is 5.78 Å². The minimum absolute atomic E-state index is 0.0239. The molecule has 0 unspecified atom stereocenters. The molecule has 0 radical (unpaired) electrons. The van der Waals surface area contributed by atoms with Gasteiger partial charge in [0.05, 0.1) is 0 Å². The van der Waals surface area contributed by atoms with E-state index >= 15 is 0 Å². The summed E-state index contributed by atoms with van der Waals surface area (Å²) in [6, 6.07) is 0. The Labute approximate surface area is 122 Å². The molecule has 0 aromatic carbocycles. The van der Waals surface area contributed by atoms with Crippen LogP contribution in [0.25, 0.3) is 0 Å². The maximum absolute atomic E-state index is 11.6. The van der Waals surface area contributed by atoms with Gasteiger partial charge < -0.3 is 10.1 Å². The average molecular weight is 287 g/mol. The number of rotatable bonds is 9. The molecule has 0 bridgehead atoms. The fourth-order valence-corrected chi connectivity index (χ4v) is 3.65. The molecule has 0 fully saturated rings. The first kappa shape index (κ1) is 18.5. The van der Waals surface area contributed by atoms with Gasteiger partial charge in [-0.15, -0.1) is 0 Å². The van der Waals surface area contributed by atoms with Crippen LogP contribution in [-0.4, -0.2) is 28.7 Å². The monoisotopic (exact) mass is 287 g/mol. The van der Waals surface area contributed by atoms with Gasteiger partial charge in [0.15, 0.2) is 0 Å². The van der Waals surface area contributed by atoms with Crippen LogP contribution in [-0.2, 0) is 9.59 Å². The fraction of sp³-hybridized carbons (Fsp3) is 0.867. The van der Waals surface area contributed by atoms with Crippen LogP contribution < -0.4 is 5.32 Å². The first-order valence-corrected chi connectivity index (χ1v) is 7.97. The molecule has 0 aliphatic carbocycles. The van der Waals surface area contributed by atoms with E-state index in [0.29, 0.717) is 19.4 Å². The third kappa shape index (κ3) is 10.00. The molecule has 19 heavy (non-hydrogen) atoms. The highest BCUT2D eigenvalue weighted by Crippen LogP contribution is 2.36. The largest absolute Gasteiger partial charge is 0.356 e. The Balaban J connectivity index is 4.15. The van der Waals surface area contributed by atoms with Gasteiger partial charge in [-0.25, -0.2) is 0 Å². The Morgan fingerprint density at radius 2 is 1.68 bits per heavy atom. The molecule has 0 spiro atoms. The van der Waals surface area contributed by atoms with Crippen LogP contribution in [0.2, 0.25) is 0 Å². The zero-order chi connectivity index (χ0) is 15.1. The van der Waals surface area contributed by atoms with Crippen molar-refractivity contribution in [2.24, 2.45) is 5.41 Å². The predicted octanol–water partition coefficient (Wildman–Crippen LogP) is 3.42. The number of carbonyl (C=O) groups excluding carboxylic acids is 2. The van der Waals surface area contributed by atoms with E-state index in [4.69, 9.17) is 0 Å². The smallest absolute Gasteiger partial charge is 0.220 e. The molecule has 0 aromatic heterocycles. The lowest BCUT2D eigenvalue weighted by Gasteiger charge is -2.34. The standard InChI is InChI=1S/C15H29NO2S/c1-7-19-15(5,6)10-14(3,4)11-16-13(18)9-8-12(2)17/h7-11H2,1-6H3,(H,16,18). The van der Waals surface area contributed by atoms with Crippen LogP contribution in [0.4, 0.5) is 0 Å². The van der Waals surface area contributed by atoms with Crippen molar-refractivity contribution in [1.82, 2.24) is 5.32 Å². The molecule has 0 aliphatic rings. The number of ketones is 1. The van der Waals surface area contributed by atoms with Gasteiger partial charge in [0.2, 0.25) is 5.91 Å². The molecule has 4 heteroatoms. The average Bonchev–Trinajstić information content (AvgIpc) is 2.21. The highest BCUT2D eigenvalue weighted by molar-refractivity contribution is 8.00. The first-order valence-electron chi connectivity index (χ1n) is 6.98. The van der Waals surface area contributed by atoms with Crippen molar-refractivity contribution < 1.29 is 9.59 Å². The number of thioether (sulfide) groups is 1. The van der Waals surface area contributed by atoms with E-state index in [9.17, 15) is 9.59 Å². The lowest BCUT2D eigenvalue weighted by Crippen LogP contribution is -2.37. The van der Waals surface area contributed by atoms with Crippen molar-refractivity contribution in [2.75, 3.05) is 12.3 Å². The van der Waals surface area contributed by atoms with Crippen molar-refractivity contribution >= 4 is 23.5 Å². The third-order valence-corrected chi connectivity index (χ3v) is 4.12. The molecule has 0 saturated carbocycles. The Morgan fingerprint density at radius 1 is 1.11 bits per heavy atom. The van der Waals surface area contributed by atoms with Crippen LogP contribution in [0.5, 0.6) is 0 Å². The summed E-state index contributed by atoms with van der Waals surface area (Å²) in [6.07, 6.45) is 1.69. The Bertz CT molecular complexity index is 311. The van der Waals surface area contributed by atoms with Gasteiger partial charge in [-0.05, 0) is 24.5 Å². The van der Waals surface area contributed by atoms with Crippen molar-refractivity contribution in [3.63, 3.8) is 0 Å². The van der Waals surface area contributed by atoms with Crippen molar-refractivity contribution in [3.8, 4) is 0 Å². The Morgan fingerprint density at radius 3 is 2.16 bits per heavy atom. The molecule has 0 atom stereocenters. The van der Waals surface area contributed by atoms with Crippen LogP contribution in [0.15, 0.2) is 0 Å². The summed E-state index contributed by atoms with van der Waals surface area (Å²) in [7, 11) is 0. The number of hydrogen-bond acceptors (Lipinski definition) is 3. The van der Waals surface area contributed by atoms with Crippen LogP contribution in [0, 0.1) is 5.41 Å². The highest BCUT2D eigenvalue weighted by atomic mass is 32.2. The lowest BCUT2D eigenvalue weighted by molar-refractivity contribution is -0.125. The van der Waals surface area contributed by atoms with E-state index in [2.05, 4.69) is 39.9 Å². The van der Waals surface area contributed by atoms with Gasteiger partial charge in [0.25, 0.3) is 0 Å². The maximum atomic E-state index is 11.6. The fourth-order valence-electron chi connectivity index (χ4n) is 2.37. The molecule has 0 saturated heterocycles. The number of carbonyl (C=O) groups is 2. The lowest BCUT2D eigenvalue weighted by atomic mass is 9.83. The maximum Gasteiger partial charge on any atom is 0.220 e. The van der Waals surface area contributed by atoms with E-state index in [0.717, 1.165) is 12.2 Å². The van der Waals surface area contributed by atoms with Crippen LogP contribution >= 0.6 is 11.8 Å². The number of amides is 1. The molecule has 3 nitrogen and oxygen atoms in total. The Kier molecular flexibility index (Phi) is 7.72. The minimum atomic E-state index is -0.0239. The molecule has 1 amide bonds. The first-order chi connectivity index (χ1) is 8.58. The molecule has 112 valence electrons. The van der Waals surface area contributed by atoms with Crippen molar-refractivity contribution in [3.05, 3.63) is 0 Å². The van der Waals surface area contributed by atoms with E-state index in [1.165, 1.54) is 6.92 Å². The number of Topliss-reactive ketones (excluding diaryl/α,β-unsaturated/α-hetero) is 1. The van der Waals surface area contributed by atoms with Gasteiger partial charge in [-0.1, -0.05) is 34.6 Å². The van der Waals surface area contributed by atoms with Gasteiger partial charge in [0, 0.05) is 24.1 Å². The molecule has 0 rings (SSSR count). The quantitative estimate of drug-likeness (QED) is 0.707. The van der Waals surface area contributed by atoms with Gasteiger partial charge >= 0.3 is 0 Å². The molecule has 0 aromatic rings. The van der Waals surface area contributed by atoms with E-state index in [1.54, 1.807) is 0 Å². The van der Waals surface area contributed by atoms with Gasteiger partial charge in [-0.3, -0.25) is 4.79 Å². The highest BCUT2D eigenvalue weighted by Gasteiger charge is 2.29. The molecule has 1 N–H and O–H groups in total. The summed E-state index contributed by atoms with van der Waals surface area (Å²) >= 11 is 1.95. The van der Waals surface area contributed by atoms with Crippen molar-refractivity contribution in [2.45, 2.75) is 65.6 Å². The zero-order valence-electron chi connectivity index (χ0n) is 13.3. The predicted molar refractivity (Wildman–Crippen MR) is 83.5 cm³/mol. The molecule has 0 heterocycles. The summed E-state index contributed by atoms with van der Waals surface area (Å²) < 4.78 is 0.225. The molecular formula is C15H29NO2S. The topological polar surface area (TPSA) is 46.2 Å². The second-order valence-corrected chi connectivity index (χ2v) is 8.48. The summed E-state index contributed by atoms with van der Waals surface area (Å²) in [6.45, 7) is 13.2.